The Morgan fingerprint density at radius 3 is 2.68 bits per heavy atom. The molecule has 162 valence electrons. The highest BCUT2D eigenvalue weighted by Crippen LogP contribution is 2.32. The summed E-state index contributed by atoms with van der Waals surface area (Å²) in [6.45, 7) is 0. The molecule has 3 rings (SSSR count). The van der Waals surface area contributed by atoms with Crippen molar-refractivity contribution in [1.29, 1.82) is 0 Å². The number of aromatic nitrogens is 2. The maximum atomic E-state index is 13.2. The third-order valence-electron chi connectivity index (χ3n) is 3.72. The maximum absolute atomic E-state index is 13.2. The monoisotopic (exact) mass is 454 g/mol. The molecule has 2 aromatic heterocycles. The van der Waals surface area contributed by atoms with Gasteiger partial charge in [-0.3, -0.25) is 14.9 Å². The predicted octanol–water partition coefficient (Wildman–Crippen LogP) is 4.40. The minimum Gasteiger partial charge on any atom is -0.496 e. The average Bonchev–Trinajstić information content (AvgIpc) is 3.26. The van der Waals surface area contributed by atoms with Crippen LogP contribution in [0.4, 0.5) is 24.5 Å². The van der Waals surface area contributed by atoms with Gasteiger partial charge in [0.15, 0.2) is 10.9 Å². The van der Waals surface area contributed by atoms with E-state index in [9.17, 15) is 28.1 Å². The molecule has 0 bridgehead atoms. The van der Waals surface area contributed by atoms with Crippen molar-refractivity contribution in [3.8, 4) is 17.2 Å². The fourth-order valence-corrected chi connectivity index (χ4v) is 3.05. The number of carbonyl (C=O) groups is 1. The van der Waals surface area contributed by atoms with E-state index in [0.717, 1.165) is 12.1 Å². The van der Waals surface area contributed by atoms with Crippen LogP contribution in [-0.2, 0) is 11.0 Å². The van der Waals surface area contributed by atoms with Crippen LogP contribution in [0.2, 0.25) is 0 Å². The quantitative estimate of drug-likeness (QED) is 0.241. The van der Waals surface area contributed by atoms with Crippen molar-refractivity contribution in [2.24, 2.45) is 0 Å². The molecule has 0 aliphatic heterocycles. The number of thioether (sulfide) groups is 1. The van der Waals surface area contributed by atoms with Crippen LogP contribution in [0.15, 0.2) is 52.2 Å². The summed E-state index contributed by atoms with van der Waals surface area (Å²) in [5, 5.41) is 13.1. The molecule has 1 N–H and O–H groups in total. The number of nitro groups is 1. The second kappa shape index (κ2) is 9.04. The van der Waals surface area contributed by atoms with E-state index in [2.05, 4.69) is 15.3 Å². The number of methoxy groups -OCH3 is 1. The largest absolute Gasteiger partial charge is 0.496 e. The molecule has 31 heavy (non-hydrogen) atoms. The molecular formula is C18H13F3N4O5S. The van der Waals surface area contributed by atoms with Crippen molar-refractivity contribution < 1.29 is 32.0 Å². The molecule has 0 saturated heterocycles. The Balaban J connectivity index is 1.76. The average molecular weight is 454 g/mol. The third-order valence-corrected chi connectivity index (χ3v) is 4.57. The number of benzene rings is 1. The first kappa shape index (κ1) is 22.1. The van der Waals surface area contributed by atoms with Crippen molar-refractivity contribution in [2.45, 2.75) is 11.3 Å². The van der Waals surface area contributed by atoms with Crippen LogP contribution in [0.1, 0.15) is 5.69 Å². The van der Waals surface area contributed by atoms with Crippen LogP contribution in [0, 0.1) is 10.1 Å². The Labute approximate surface area is 176 Å². The fraction of sp³-hybridized carbons (Fsp3) is 0.167. The topological polar surface area (TPSA) is 120 Å². The van der Waals surface area contributed by atoms with Gasteiger partial charge in [0.2, 0.25) is 5.91 Å². The van der Waals surface area contributed by atoms with E-state index in [-0.39, 0.29) is 39.5 Å². The summed E-state index contributed by atoms with van der Waals surface area (Å²) in [7, 11) is 1.31. The van der Waals surface area contributed by atoms with Crippen LogP contribution in [0.25, 0.3) is 11.5 Å². The lowest BCUT2D eigenvalue weighted by molar-refractivity contribution is -0.384. The number of rotatable bonds is 7. The Morgan fingerprint density at radius 2 is 2.06 bits per heavy atom. The van der Waals surface area contributed by atoms with Crippen molar-refractivity contribution in [1.82, 2.24) is 9.97 Å². The number of hydrogen-bond donors (Lipinski definition) is 1. The first-order valence-corrected chi connectivity index (χ1v) is 9.40. The van der Waals surface area contributed by atoms with E-state index in [1.54, 1.807) is 0 Å². The summed E-state index contributed by atoms with van der Waals surface area (Å²) in [5.74, 6) is -0.707. The number of hydrogen-bond acceptors (Lipinski definition) is 8. The molecule has 1 aromatic carbocycles. The molecule has 9 nitrogen and oxygen atoms in total. The van der Waals surface area contributed by atoms with Gasteiger partial charge in [0.05, 0.1) is 35.8 Å². The van der Waals surface area contributed by atoms with Gasteiger partial charge >= 0.3 is 6.18 Å². The maximum Gasteiger partial charge on any atom is 0.433 e. The molecule has 0 aliphatic carbocycles. The van der Waals surface area contributed by atoms with Crippen LogP contribution in [0.5, 0.6) is 5.75 Å². The smallest absolute Gasteiger partial charge is 0.433 e. The fourth-order valence-electron chi connectivity index (χ4n) is 2.39. The van der Waals surface area contributed by atoms with Gasteiger partial charge in [0.25, 0.3) is 5.69 Å². The van der Waals surface area contributed by atoms with Gasteiger partial charge in [-0.25, -0.2) is 9.97 Å². The SMILES string of the molecule is COc1cc(NC(=O)CSc2nc(-c3ccco3)cc(C(F)(F)F)n2)cc([N+](=O)[O-])c1. The molecule has 3 aromatic rings. The van der Waals surface area contributed by atoms with E-state index < -0.39 is 22.7 Å². The predicted molar refractivity (Wildman–Crippen MR) is 104 cm³/mol. The van der Waals surface area contributed by atoms with Crippen molar-refractivity contribution in [3.63, 3.8) is 0 Å². The number of alkyl halides is 3. The molecule has 1 amide bonds. The summed E-state index contributed by atoms with van der Waals surface area (Å²) in [4.78, 5) is 30.0. The highest BCUT2D eigenvalue weighted by atomic mass is 32.2. The van der Waals surface area contributed by atoms with E-state index in [0.29, 0.717) is 11.8 Å². The van der Waals surface area contributed by atoms with Gasteiger partial charge in [-0.2, -0.15) is 13.2 Å². The molecule has 0 fully saturated rings. The van der Waals surface area contributed by atoms with E-state index in [1.807, 2.05) is 0 Å². The number of nitro benzene ring substituents is 1. The number of nitrogens with zero attached hydrogens (tertiary/aromatic N) is 3. The van der Waals surface area contributed by atoms with Crippen LogP contribution >= 0.6 is 11.8 Å². The van der Waals surface area contributed by atoms with Gasteiger partial charge in [-0.1, -0.05) is 11.8 Å². The molecule has 0 spiro atoms. The van der Waals surface area contributed by atoms with Crippen LogP contribution < -0.4 is 10.1 Å². The second-order valence-electron chi connectivity index (χ2n) is 5.91. The number of amides is 1. The molecular weight excluding hydrogens is 441 g/mol. The van der Waals surface area contributed by atoms with Gasteiger partial charge < -0.3 is 14.5 Å². The number of non-ortho nitro benzene ring substituents is 1. The van der Waals surface area contributed by atoms with E-state index in [4.69, 9.17) is 9.15 Å². The van der Waals surface area contributed by atoms with Gasteiger partial charge in [0.1, 0.15) is 17.1 Å². The lowest BCUT2D eigenvalue weighted by Crippen LogP contribution is -2.15. The van der Waals surface area contributed by atoms with Crippen molar-refractivity contribution in [3.05, 3.63) is 58.5 Å². The molecule has 0 radical (unpaired) electrons. The summed E-state index contributed by atoms with van der Waals surface area (Å²) in [5.41, 5.74) is -1.47. The molecule has 2 heterocycles. The Kier molecular flexibility index (Phi) is 6.44. The summed E-state index contributed by atoms with van der Waals surface area (Å²) < 4.78 is 49.6. The zero-order valence-corrected chi connectivity index (χ0v) is 16.5. The molecule has 0 atom stereocenters. The minimum absolute atomic E-state index is 0.0846. The van der Waals surface area contributed by atoms with Gasteiger partial charge in [0, 0.05) is 12.1 Å². The zero-order chi connectivity index (χ0) is 22.6. The molecule has 13 heteroatoms. The zero-order valence-electron chi connectivity index (χ0n) is 15.7. The highest BCUT2D eigenvalue weighted by Gasteiger charge is 2.34. The number of ether oxygens (including phenoxy) is 1. The van der Waals surface area contributed by atoms with Crippen molar-refractivity contribution in [2.75, 3.05) is 18.2 Å². The number of carbonyl (C=O) groups excluding carboxylic acids is 1. The Bertz CT molecular complexity index is 1110. The van der Waals surface area contributed by atoms with E-state index >= 15 is 0 Å². The second-order valence-corrected chi connectivity index (χ2v) is 6.85. The first-order chi connectivity index (χ1) is 14.7. The lowest BCUT2D eigenvalue weighted by Gasteiger charge is -2.10. The van der Waals surface area contributed by atoms with Crippen molar-refractivity contribution >= 4 is 29.0 Å². The molecule has 0 aliphatic rings. The summed E-state index contributed by atoms with van der Waals surface area (Å²) >= 11 is 0.669. The number of anilines is 1. The summed E-state index contributed by atoms with van der Waals surface area (Å²) in [6.07, 6.45) is -3.43. The standard InChI is InChI=1S/C18H13F3N4O5S/c1-29-12-6-10(5-11(7-12)25(27)28)22-16(26)9-31-17-23-13(14-3-2-4-30-14)8-15(24-17)18(19,20)21/h2-8H,9H2,1H3,(H,22,26). The number of nitrogens with one attached hydrogen (secondary N) is 1. The summed E-state index contributed by atoms with van der Waals surface area (Å²) in [6, 6.07) is 7.36. The normalized spacial score (nSPS) is 11.2. The first-order valence-electron chi connectivity index (χ1n) is 8.42. The molecule has 0 unspecified atom stereocenters. The van der Waals surface area contributed by atoms with Crippen LogP contribution in [-0.4, -0.2) is 33.7 Å². The Morgan fingerprint density at radius 1 is 1.29 bits per heavy atom. The Hall–Kier alpha value is -3.61. The number of furan rings is 1. The highest BCUT2D eigenvalue weighted by molar-refractivity contribution is 7.99. The molecule has 0 saturated carbocycles. The van der Waals surface area contributed by atoms with E-state index in [1.165, 1.54) is 37.6 Å². The third kappa shape index (κ3) is 5.72. The van der Waals surface area contributed by atoms with Crippen LogP contribution in [0.3, 0.4) is 0 Å². The minimum atomic E-state index is -4.72. The number of halogens is 3. The van der Waals surface area contributed by atoms with Gasteiger partial charge in [-0.15, -0.1) is 0 Å². The van der Waals surface area contributed by atoms with Gasteiger partial charge in [-0.05, 0) is 18.2 Å². The lowest BCUT2D eigenvalue weighted by atomic mass is 10.2.